The lowest BCUT2D eigenvalue weighted by atomic mass is 10.1. The SMILES string of the molecule is OCc1c(C(F)F)cnc(CCl)c1OC(F)(F)F. The van der Waals surface area contributed by atoms with Gasteiger partial charge in [-0.15, -0.1) is 24.8 Å². The van der Waals surface area contributed by atoms with Crippen LogP contribution < -0.4 is 4.74 Å². The van der Waals surface area contributed by atoms with E-state index in [4.69, 9.17) is 16.7 Å². The van der Waals surface area contributed by atoms with E-state index in [0.717, 1.165) is 0 Å². The van der Waals surface area contributed by atoms with Gasteiger partial charge in [-0.1, -0.05) is 0 Å². The summed E-state index contributed by atoms with van der Waals surface area (Å²) in [5.74, 6) is -1.44. The minimum absolute atomic E-state index is 0.373. The van der Waals surface area contributed by atoms with Gasteiger partial charge < -0.3 is 9.84 Å². The molecule has 0 fully saturated rings. The molecule has 0 aliphatic rings. The van der Waals surface area contributed by atoms with Gasteiger partial charge >= 0.3 is 6.36 Å². The van der Waals surface area contributed by atoms with Crippen molar-refractivity contribution < 1.29 is 31.8 Å². The standard InChI is InChI=1S/C9H7ClF5NO2/c10-1-6-7(18-9(13,14)15)5(3-17)4(2-16-6)8(11)12/h2,8,17H,1,3H2. The molecule has 3 nitrogen and oxygen atoms in total. The Bertz CT molecular complexity index is 424. The van der Waals surface area contributed by atoms with Crippen molar-refractivity contribution in [2.24, 2.45) is 0 Å². The van der Waals surface area contributed by atoms with Gasteiger partial charge in [-0.3, -0.25) is 4.98 Å². The van der Waals surface area contributed by atoms with Gasteiger partial charge in [0, 0.05) is 17.3 Å². The van der Waals surface area contributed by atoms with E-state index in [9.17, 15) is 22.0 Å². The van der Waals surface area contributed by atoms with Crippen molar-refractivity contribution in [3.63, 3.8) is 0 Å². The molecule has 1 rings (SSSR count). The molecule has 0 aliphatic carbocycles. The minimum atomic E-state index is -5.09. The average molecular weight is 292 g/mol. The van der Waals surface area contributed by atoms with Crippen LogP contribution in [0.1, 0.15) is 23.2 Å². The molecule has 9 heteroatoms. The van der Waals surface area contributed by atoms with E-state index in [1.54, 1.807) is 0 Å². The molecule has 1 N–H and O–H groups in total. The highest BCUT2D eigenvalue weighted by molar-refractivity contribution is 6.17. The van der Waals surface area contributed by atoms with E-state index in [-0.39, 0.29) is 5.69 Å². The van der Waals surface area contributed by atoms with Crippen molar-refractivity contribution in [1.82, 2.24) is 4.98 Å². The van der Waals surface area contributed by atoms with E-state index in [1.165, 1.54) is 0 Å². The smallest absolute Gasteiger partial charge is 0.403 e. The quantitative estimate of drug-likeness (QED) is 0.684. The summed E-state index contributed by atoms with van der Waals surface area (Å²) >= 11 is 5.34. The summed E-state index contributed by atoms with van der Waals surface area (Å²) in [6.07, 6.45) is -7.51. The van der Waals surface area contributed by atoms with Crippen LogP contribution in [0.15, 0.2) is 6.20 Å². The molecule has 0 amide bonds. The topological polar surface area (TPSA) is 42.4 Å². The predicted octanol–water partition coefficient (Wildman–Crippen LogP) is 3.15. The summed E-state index contributed by atoms with van der Waals surface area (Å²) in [7, 11) is 0. The number of aliphatic hydroxyl groups excluding tert-OH is 1. The van der Waals surface area contributed by atoms with Gasteiger partial charge in [-0.25, -0.2) is 8.78 Å². The van der Waals surface area contributed by atoms with Crippen molar-refractivity contribution in [2.45, 2.75) is 25.3 Å². The van der Waals surface area contributed by atoms with Crippen molar-refractivity contribution >= 4 is 11.6 Å². The first kappa shape index (κ1) is 14.9. The Hall–Kier alpha value is -1.15. The lowest BCUT2D eigenvalue weighted by molar-refractivity contribution is -0.275. The molecule has 1 aromatic rings. The molecule has 102 valence electrons. The van der Waals surface area contributed by atoms with E-state index >= 15 is 0 Å². The lowest BCUT2D eigenvalue weighted by Crippen LogP contribution is -2.20. The van der Waals surface area contributed by atoms with Crippen LogP contribution in [0.25, 0.3) is 0 Å². The van der Waals surface area contributed by atoms with Crippen LogP contribution in [0, 0.1) is 0 Å². The first-order valence-corrected chi connectivity index (χ1v) is 5.05. The number of ether oxygens (including phenoxy) is 1. The second kappa shape index (κ2) is 5.66. The zero-order chi connectivity index (χ0) is 13.9. The van der Waals surface area contributed by atoms with Crippen molar-refractivity contribution in [1.29, 1.82) is 0 Å². The molecule has 0 saturated carbocycles. The fraction of sp³-hybridized carbons (Fsp3) is 0.444. The number of aliphatic hydroxyl groups is 1. The highest BCUT2D eigenvalue weighted by Gasteiger charge is 2.34. The van der Waals surface area contributed by atoms with Crippen LogP contribution in [0.5, 0.6) is 5.75 Å². The third kappa shape index (κ3) is 3.42. The molecule has 0 aromatic carbocycles. The maximum absolute atomic E-state index is 12.5. The van der Waals surface area contributed by atoms with E-state index in [1.807, 2.05) is 0 Å². The van der Waals surface area contributed by atoms with Gasteiger partial charge in [-0.05, 0) is 0 Å². The molecule has 0 bridgehead atoms. The zero-order valence-corrected chi connectivity index (χ0v) is 9.40. The van der Waals surface area contributed by atoms with Gasteiger partial charge in [0.25, 0.3) is 6.43 Å². The number of hydrogen-bond acceptors (Lipinski definition) is 3. The normalized spacial score (nSPS) is 12.0. The number of aromatic nitrogens is 1. The predicted molar refractivity (Wildman–Crippen MR) is 51.4 cm³/mol. The third-order valence-electron chi connectivity index (χ3n) is 1.98. The molecule has 18 heavy (non-hydrogen) atoms. The summed E-state index contributed by atoms with van der Waals surface area (Å²) in [5, 5.41) is 8.91. The van der Waals surface area contributed by atoms with Gasteiger partial charge in [0.15, 0.2) is 5.75 Å². The lowest BCUT2D eigenvalue weighted by Gasteiger charge is -2.17. The highest BCUT2D eigenvalue weighted by Crippen LogP contribution is 2.35. The molecule has 0 spiro atoms. The van der Waals surface area contributed by atoms with Crippen LogP contribution >= 0.6 is 11.6 Å². The fourth-order valence-corrected chi connectivity index (χ4v) is 1.46. The number of nitrogens with zero attached hydrogens (tertiary/aromatic N) is 1. The first-order chi connectivity index (χ1) is 8.30. The Morgan fingerprint density at radius 1 is 1.39 bits per heavy atom. The molecule has 0 unspecified atom stereocenters. The van der Waals surface area contributed by atoms with E-state index in [2.05, 4.69) is 9.72 Å². The zero-order valence-electron chi connectivity index (χ0n) is 8.64. The van der Waals surface area contributed by atoms with Gasteiger partial charge in [0.05, 0.1) is 18.2 Å². The van der Waals surface area contributed by atoms with E-state index in [0.29, 0.717) is 6.20 Å². The third-order valence-corrected chi connectivity index (χ3v) is 2.23. The summed E-state index contributed by atoms with van der Waals surface area (Å²) < 4.78 is 65.1. The van der Waals surface area contributed by atoms with E-state index < -0.39 is 42.2 Å². The van der Waals surface area contributed by atoms with Gasteiger partial charge in [-0.2, -0.15) is 0 Å². The first-order valence-electron chi connectivity index (χ1n) is 4.51. The number of pyridine rings is 1. The summed E-state index contributed by atoms with van der Waals surface area (Å²) in [4.78, 5) is 3.36. The Morgan fingerprint density at radius 2 is 2.00 bits per heavy atom. The number of rotatable bonds is 4. The average Bonchev–Trinajstić information content (AvgIpc) is 2.26. The Morgan fingerprint density at radius 3 is 2.39 bits per heavy atom. The summed E-state index contributed by atoms with van der Waals surface area (Å²) in [6.45, 7) is -1.04. The minimum Gasteiger partial charge on any atom is -0.403 e. The molecule has 0 radical (unpaired) electrons. The van der Waals surface area contributed by atoms with Crippen LogP contribution in [-0.2, 0) is 12.5 Å². The Balaban J connectivity index is 3.37. The molecule has 1 aromatic heterocycles. The number of halogens is 6. The maximum Gasteiger partial charge on any atom is 0.573 e. The van der Waals surface area contributed by atoms with Crippen molar-refractivity contribution in [2.75, 3.05) is 0 Å². The van der Waals surface area contributed by atoms with Crippen molar-refractivity contribution in [3.8, 4) is 5.75 Å². The van der Waals surface area contributed by atoms with Crippen LogP contribution in [-0.4, -0.2) is 16.5 Å². The van der Waals surface area contributed by atoms with Gasteiger partial charge in [0.2, 0.25) is 0 Å². The number of hydrogen-bond donors (Lipinski definition) is 1. The Kier molecular flexibility index (Phi) is 4.69. The second-order valence-corrected chi connectivity index (χ2v) is 3.38. The van der Waals surface area contributed by atoms with Crippen LogP contribution in [0.3, 0.4) is 0 Å². The monoisotopic (exact) mass is 291 g/mol. The Labute approximate surface area is 103 Å². The highest BCUT2D eigenvalue weighted by atomic mass is 35.5. The molecular weight excluding hydrogens is 285 g/mol. The molecule has 0 saturated heterocycles. The summed E-state index contributed by atoms with van der Waals surface area (Å²) in [5.41, 5.74) is -1.87. The fourth-order valence-electron chi connectivity index (χ4n) is 1.27. The molecule has 0 aliphatic heterocycles. The van der Waals surface area contributed by atoms with Crippen molar-refractivity contribution in [3.05, 3.63) is 23.0 Å². The molecular formula is C9H7ClF5NO2. The van der Waals surface area contributed by atoms with Gasteiger partial charge in [0.1, 0.15) is 0 Å². The summed E-state index contributed by atoms with van der Waals surface area (Å²) in [6, 6.07) is 0. The maximum atomic E-state index is 12.5. The number of alkyl halides is 6. The molecule has 0 atom stereocenters. The van der Waals surface area contributed by atoms with Crippen LogP contribution in [0.2, 0.25) is 0 Å². The molecule has 1 heterocycles. The largest absolute Gasteiger partial charge is 0.573 e. The second-order valence-electron chi connectivity index (χ2n) is 3.11. The van der Waals surface area contributed by atoms with Crippen LogP contribution in [0.4, 0.5) is 22.0 Å².